The van der Waals surface area contributed by atoms with Crippen LogP contribution in [0, 0.1) is 6.92 Å². The molecule has 0 saturated heterocycles. The largest absolute Gasteiger partial charge is 0.455 e. The second-order valence-corrected chi connectivity index (χ2v) is 6.70. The molecular formula is C25H18O. The highest BCUT2D eigenvalue weighted by Gasteiger charge is 2.15. The SMILES string of the molecule is Cc1ccc(-c2cccc3oc4c(-c5ccccc5)cccc4c23)cc1. The minimum atomic E-state index is 0.932. The highest BCUT2D eigenvalue weighted by molar-refractivity contribution is 6.15. The molecule has 1 heterocycles. The zero-order chi connectivity index (χ0) is 17.5. The molecule has 0 radical (unpaired) electrons. The summed E-state index contributed by atoms with van der Waals surface area (Å²) in [4.78, 5) is 0. The van der Waals surface area contributed by atoms with Crippen LogP contribution in [0.15, 0.2) is 95.4 Å². The lowest BCUT2D eigenvalue weighted by atomic mass is 9.97. The van der Waals surface area contributed by atoms with Gasteiger partial charge in [-0.25, -0.2) is 0 Å². The maximum atomic E-state index is 6.32. The first-order chi connectivity index (χ1) is 12.8. The molecule has 1 aromatic heterocycles. The molecule has 4 aromatic carbocycles. The van der Waals surface area contributed by atoms with Gasteiger partial charge in [0.1, 0.15) is 11.2 Å². The molecule has 0 aliphatic rings. The Bertz CT molecular complexity index is 1210. The Hall–Kier alpha value is -3.32. The molecule has 0 aliphatic heterocycles. The molecule has 0 N–H and O–H groups in total. The van der Waals surface area contributed by atoms with Crippen molar-refractivity contribution < 1.29 is 4.42 Å². The summed E-state index contributed by atoms with van der Waals surface area (Å²) in [5.74, 6) is 0. The third-order valence-corrected chi connectivity index (χ3v) is 4.97. The lowest BCUT2D eigenvalue weighted by Crippen LogP contribution is -1.81. The number of hydrogen-bond acceptors (Lipinski definition) is 1. The lowest BCUT2D eigenvalue weighted by Gasteiger charge is -2.05. The Kier molecular flexibility index (Phi) is 3.39. The van der Waals surface area contributed by atoms with Crippen LogP contribution in [0.3, 0.4) is 0 Å². The molecule has 5 aromatic rings. The lowest BCUT2D eigenvalue weighted by molar-refractivity contribution is 0.670. The minimum absolute atomic E-state index is 0.932. The third kappa shape index (κ3) is 2.33. The molecule has 26 heavy (non-hydrogen) atoms. The van der Waals surface area contributed by atoms with E-state index in [1.165, 1.54) is 27.6 Å². The van der Waals surface area contributed by atoms with Crippen LogP contribution in [0.1, 0.15) is 5.56 Å². The van der Waals surface area contributed by atoms with Crippen LogP contribution in [0.4, 0.5) is 0 Å². The normalized spacial score (nSPS) is 11.3. The predicted molar refractivity (Wildman–Crippen MR) is 109 cm³/mol. The zero-order valence-electron chi connectivity index (χ0n) is 14.6. The summed E-state index contributed by atoms with van der Waals surface area (Å²) < 4.78 is 6.32. The summed E-state index contributed by atoms with van der Waals surface area (Å²) in [6, 6.07) is 31.8. The van der Waals surface area contributed by atoms with Crippen LogP contribution in [-0.4, -0.2) is 0 Å². The zero-order valence-corrected chi connectivity index (χ0v) is 14.6. The molecule has 0 unspecified atom stereocenters. The maximum absolute atomic E-state index is 6.32. The summed E-state index contributed by atoms with van der Waals surface area (Å²) in [6.45, 7) is 2.11. The summed E-state index contributed by atoms with van der Waals surface area (Å²) in [6.07, 6.45) is 0. The van der Waals surface area contributed by atoms with Gasteiger partial charge < -0.3 is 4.42 Å². The van der Waals surface area contributed by atoms with Gasteiger partial charge in [-0.15, -0.1) is 0 Å². The number of aryl methyl sites for hydroxylation is 1. The van der Waals surface area contributed by atoms with Gasteiger partial charge in [0.25, 0.3) is 0 Å². The van der Waals surface area contributed by atoms with E-state index in [1.54, 1.807) is 0 Å². The van der Waals surface area contributed by atoms with Crippen LogP contribution < -0.4 is 0 Å². The molecule has 0 bridgehead atoms. The topological polar surface area (TPSA) is 13.1 Å². The van der Waals surface area contributed by atoms with E-state index in [1.807, 2.05) is 6.07 Å². The fourth-order valence-corrected chi connectivity index (χ4v) is 3.67. The highest BCUT2D eigenvalue weighted by Crippen LogP contribution is 2.40. The number of para-hydroxylation sites is 1. The predicted octanol–water partition coefficient (Wildman–Crippen LogP) is 7.23. The molecule has 0 saturated carbocycles. The van der Waals surface area contributed by atoms with Gasteiger partial charge in [-0.3, -0.25) is 0 Å². The first-order valence-corrected chi connectivity index (χ1v) is 8.88. The second kappa shape index (κ2) is 5.89. The monoisotopic (exact) mass is 334 g/mol. The van der Waals surface area contributed by atoms with Gasteiger partial charge in [-0.05, 0) is 29.7 Å². The first kappa shape index (κ1) is 15.0. The van der Waals surface area contributed by atoms with Crippen molar-refractivity contribution in [2.24, 2.45) is 0 Å². The van der Waals surface area contributed by atoms with E-state index in [0.717, 1.165) is 22.1 Å². The van der Waals surface area contributed by atoms with Crippen molar-refractivity contribution in [1.29, 1.82) is 0 Å². The maximum Gasteiger partial charge on any atom is 0.143 e. The Labute approximate surface area is 152 Å². The summed E-state index contributed by atoms with van der Waals surface area (Å²) in [7, 11) is 0. The molecule has 5 rings (SSSR count). The number of hydrogen-bond donors (Lipinski definition) is 0. The third-order valence-electron chi connectivity index (χ3n) is 4.97. The summed E-state index contributed by atoms with van der Waals surface area (Å²) in [5.41, 5.74) is 7.89. The Morgan fingerprint density at radius 3 is 2.08 bits per heavy atom. The molecule has 1 heteroatoms. The van der Waals surface area contributed by atoms with E-state index in [2.05, 4.69) is 91.9 Å². The van der Waals surface area contributed by atoms with Gasteiger partial charge in [0.2, 0.25) is 0 Å². The smallest absolute Gasteiger partial charge is 0.143 e. The van der Waals surface area contributed by atoms with Crippen LogP contribution in [-0.2, 0) is 0 Å². The average molecular weight is 334 g/mol. The first-order valence-electron chi connectivity index (χ1n) is 8.88. The van der Waals surface area contributed by atoms with Crippen LogP contribution in [0.25, 0.3) is 44.2 Å². The molecule has 0 fully saturated rings. The van der Waals surface area contributed by atoms with E-state index in [4.69, 9.17) is 4.42 Å². The van der Waals surface area contributed by atoms with Gasteiger partial charge in [-0.1, -0.05) is 90.5 Å². The number of furan rings is 1. The van der Waals surface area contributed by atoms with Crippen molar-refractivity contribution in [3.05, 3.63) is 96.6 Å². The van der Waals surface area contributed by atoms with E-state index >= 15 is 0 Å². The fourth-order valence-electron chi connectivity index (χ4n) is 3.67. The van der Waals surface area contributed by atoms with Crippen LogP contribution in [0.2, 0.25) is 0 Å². The molecule has 0 aliphatic carbocycles. The van der Waals surface area contributed by atoms with E-state index in [9.17, 15) is 0 Å². The number of benzene rings is 4. The average Bonchev–Trinajstić information content (AvgIpc) is 3.08. The number of fused-ring (bicyclic) bond motifs is 3. The highest BCUT2D eigenvalue weighted by atomic mass is 16.3. The standard InChI is InChI=1S/C25H18O/c1-17-13-15-19(16-14-17)20-9-6-12-23-24(20)22-11-5-10-21(25(22)26-23)18-7-3-2-4-8-18/h2-16H,1H3. The van der Waals surface area contributed by atoms with Crippen molar-refractivity contribution in [3.63, 3.8) is 0 Å². The molecule has 124 valence electrons. The fraction of sp³-hybridized carbons (Fsp3) is 0.0400. The van der Waals surface area contributed by atoms with E-state index in [0.29, 0.717) is 0 Å². The van der Waals surface area contributed by atoms with Gasteiger partial charge >= 0.3 is 0 Å². The van der Waals surface area contributed by atoms with Crippen molar-refractivity contribution in [2.45, 2.75) is 6.92 Å². The molecule has 0 spiro atoms. The van der Waals surface area contributed by atoms with Gasteiger partial charge in [0.15, 0.2) is 0 Å². The van der Waals surface area contributed by atoms with Crippen LogP contribution in [0.5, 0.6) is 0 Å². The molecule has 1 nitrogen and oxygen atoms in total. The second-order valence-electron chi connectivity index (χ2n) is 6.70. The summed E-state index contributed by atoms with van der Waals surface area (Å²) >= 11 is 0. The van der Waals surface area contributed by atoms with Gasteiger partial charge in [0.05, 0.1) is 0 Å². The quantitative estimate of drug-likeness (QED) is 0.332. The van der Waals surface area contributed by atoms with Crippen molar-refractivity contribution in [1.82, 2.24) is 0 Å². The molecular weight excluding hydrogens is 316 g/mol. The van der Waals surface area contributed by atoms with Crippen molar-refractivity contribution >= 4 is 21.9 Å². The van der Waals surface area contributed by atoms with Gasteiger partial charge in [-0.2, -0.15) is 0 Å². The molecule has 0 atom stereocenters. The Morgan fingerprint density at radius 2 is 1.27 bits per heavy atom. The Balaban J connectivity index is 1.84. The van der Waals surface area contributed by atoms with Gasteiger partial charge in [0, 0.05) is 16.3 Å². The van der Waals surface area contributed by atoms with Crippen molar-refractivity contribution in [3.8, 4) is 22.3 Å². The van der Waals surface area contributed by atoms with E-state index in [-0.39, 0.29) is 0 Å². The van der Waals surface area contributed by atoms with Crippen molar-refractivity contribution in [2.75, 3.05) is 0 Å². The van der Waals surface area contributed by atoms with Crippen LogP contribution >= 0.6 is 0 Å². The van der Waals surface area contributed by atoms with E-state index < -0.39 is 0 Å². The number of rotatable bonds is 2. The summed E-state index contributed by atoms with van der Waals surface area (Å²) in [5, 5.41) is 2.35. The molecule has 0 amide bonds. The minimum Gasteiger partial charge on any atom is -0.455 e. The Morgan fingerprint density at radius 1 is 0.577 bits per heavy atom.